The molecule has 1 aliphatic rings. The van der Waals surface area contributed by atoms with Gasteiger partial charge in [-0.2, -0.15) is 0 Å². The van der Waals surface area contributed by atoms with Gasteiger partial charge >= 0.3 is 0 Å². The summed E-state index contributed by atoms with van der Waals surface area (Å²) in [5, 5.41) is 5.54. The molecule has 2 heterocycles. The Balaban J connectivity index is 1.97. The number of benzene rings is 1. The molecule has 0 saturated carbocycles. The van der Waals surface area contributed by atoms with Crippen LogP contribution >= 0.6 is 15.9 Å². The van der Waals surface area contributed by atoms with Crippen molar-refractivity contribution in [2.24, 2.45) is 0 Å². The molecule has 0 unspecified atom stereocenters. The van der Waals surface area contributed by atoms with Crippen LogP contribution in [-0.4, -0.2) is 11.8 Å². The third kappa shape index (κ3) is 2.25. The van der Waals surface area contributed by atoms with Crippen molar-refractivity contribution >= 4 is 33.4 Å². The highest BCUT2D eigenvalue weighted by Crippen LogP contribution is 2.29. The maximum Gasteiger partial charge on any atom is 0.260 e. The van der Waals surface area contributed by atoms with Gasteiger partial charge in [0.1, 0.15) is 11.5 Å². The summed E-state index contributed by atoms with van der Waals surface area (Å²) in [6, 6.07) is 5.40. The van der Waals surface area contributed by atoms with E-state index >= 15 is 0 Å². The molecular formula is C15H13BrN2O3. The number of carbonyl (C=O) groups is 2. The summed E-state index contributed by atoms with van der Waals surface area (Å²) in [6.07, 6.45) is 0. The first-order chi connectivity index (χ1) is 9.99. The van der Waals surface area contributed by atoms with Crippen LogP contribution in [0.5, 0.6) is 0 Å². The number of halogens is 1. The highest BCUT2D eigenvalue weighted by molar-refractivity contribution is 9.10. The lowest BCUT2D eigenvalue weighted by Crippen LogP contribution is -2.17. The number of aryl methyl sites for hydroxylation is 2. The number of fused-ring (bicyclic) bond motifs is 1. The number of anilines is 1. The van der Waals surface area contributed by atoms with Gasteiger partial charge in [-0.1, -0.05) is 12.1 Å². The van der Waals surface area contributed by atoms with Crippen molar-refractivity contribution in [2.45, 2.75) is 20.4 Å². The van der Waals surface area contributed by atoms with Crippen LogP contribution in [0.15, 0.2) is 27.1 Å². The molecule has 1 aromatic heterocycles. The lowest BCUT2D eigenvalue weighted by atomic mass is 10.1. The molecule has 2 amide bonds. The zero-order valence-corrected chi connectivity index (χ0v) is 13.1. The summed E-state index contributed by atoms with van der Waals surface area (Å²) in [5.41, 5.74) is 2.37. The smallest absolute Gasteiger partial charge is 0.260 e. The van der Waals surface area contributed by atoms with Gasteiger partial charge in [0.2, 0.25) is 0 Å². The zero-order valence-electron chi connectivity index (χ0n) is 11.5. The van der Waals surface area contributed by atoms with Crippen molar-refractivity contribution in [3.63, 3.8) is 0 Å². The van der Waals surface area contributed by atoms with Crippen LogP contribution in [0.1, 0.15) is 37.8 Å². The van der Waals surface area contributed by atoms with Crippen molar-refractivity contribution in [1.29, 1.82) is 0 Å². The van der Waals surface area contributed by atoms with Crippen LogP contribution in [0.25, 0.3) is 0 Å². The van der Waals surface area contributed by atoms with Crippen LogP contribution in [0.2, 0.25) is 0 Å². The number of furan rings is 1. The minimum Gasteiger partial charge on any atom is -0.465 e. The average Bonchev–Trinajstić information content (AvgIpc) is 2.92. The minimum absolute atomic E-state index is 0.167. The summed E-state index contributed by atoms with van der Waals surface area (Å²) in [5.74, 6) is 0.715. The molecule has 0 fully saturated rings. The first kappa shape index (κ1) is 13.9. The second-order valence-electron chi connectivity index (χ2n) is 4.88. The molecule has 0 saturated heterocycles. The van der Waals surface area contributed by atoms with Crippen molar-refractivity contribution in [1.82, 2.24) is 5.32 Å². The number of carbonyl (C=O) groups excluding carboxylic acids is 2. The summed E-state index contributed by atoms with van der Waals surface area (Å²) >= 11 is 3.36. The van der Waals surface area contributed by atoms with E-state index in [2.05, 4.69) is 26.6 Å². The standard InChI is InChI=1S/C15H13BrN2O3/c1-7-11(13(16)8(2)21-7)15(20)18-10-5-3-4-9-6-17-14(19)12(9)10/h3-5H,6H2,1-2H3,(H,17,19)(H,18,20). The molecule has 6 heteroatoms. The number of hydrogen-bond donors (Lipinski definition) is 2. The molecule has 108 valence electrons. The second-order valence-corrected chi connectivity index (χ2v) is 5.67. The Labute approximate surface area is 129 Å². The number of nitrogens with one attached hydrogen (secondary N) is 2. The first-order valence-corrected chi connectivity index (χ1v) is 7.25. The minimum atomic E-state index is -0.302. The van der Waals surface area contributed by atoms with Crippen molar-refractivity contribution < 1.29 is 14.0 Å². The van der Waals surface area contributed by atoms with Gasteiger partial charge < -0.3 is 15.1 Å². The topological polar surface area (TPSA) is 71.3 Å². The molecule has 1 aromatic carbocycles. The number of amides is 2. The van der Waals surface area contributed by atoms with Gasteiger partial charge in [-0.15, -0.1) is 0 Å². The number of rotatable bonds is 2. The molecule has 0 spiro atoms. The highest BCUT2D eigenvalue weighted by Gasteiger charge is 2.25. The summed E-state index contributed by atoms with van der Waals surface area (Å²) in [6.45, 7) is 4.00. The fourth-order valence-corrected chi connectivity index (χ4v) is 3.02. The molecule has 2 aromatic rings. The largest absolute Gasteiger partial charge is 0.465 e. The molecule has 2 N–H and O–H groups in total. The Hall–Kier alpha value is -2.08. The molecule has 3 rings (SSSR count). The molecule has 0 bridgehead atoms. The predicted molar refractivity (Wildman–Crippen MR) is 81.4 cm³/mol. The van der Waals surface area contributed by atoms with Crippen molar-refractivity contribution in [3.8, 4) is 0 Å². The maximum atomic E-state index is 12.4. The normalized spacial score (nSPS) is 13.0. The Morgan fingerprint density at radius 2 is 2.10 bits per heavy atom. The maximum absolute atomic E-state index is 12.4. The Kier molecular flexibility index (Phi) is 3.33. The van der Waals surface area contributed by atoms with Crippen LogP contribution in [-0.2, 0) is 6.54 Å². The third-order valence-corrected chi connectivity index (χ3v) is 4.43. The second kappa shape index (κ2) is 5.04. The number of hydrogen-bond acceptors (Lipinski definition) is 3. The first-order valence-electron chi connectivity index (χ1n) is 6.46. The summed E-state index contributed by atoms with van der Waals surface area (Å²) < 4.78 is 6.06. The fraction of sp³-hybridized carbons (Fsp3) is 0.200. The zero-order chi connectivity index (χ0) is 15.1. The van der Waals surface area contributed by atoms with E-state index in [0.29, 0.717) is 39.4 Å². The molecule has 0 aliphatic carbocycles. The predicted octanol–water partition coefficient (Wildman–Crippen LogP) is 3.15. The lowest BCUT2D eigenvalue weighted by molar-refractivity contribution is 0.0966. The SMILES string of the molecule is Cc1oc(C)c(C(=O)Nc2cccc3c2C(=O)NC3)c1Br. The van der Waals surface area contributed by atoms with Crippen molar-refractivity contribution in [2.75, 3.05) is 5.32 Å². The van der Waals surface area contributed by atoms with Crippen LogP contribution < -0.4 is 10.6 Å². The van der Waals surface area contributed by atoms with Gasteiger partial charge in [-0.05, 0) is 41.4 Å². The van der Waals surface area contributed by atoms with Crippen LogP contribution in [0.4, 0.5) is 5.69 Å². The van der Waals surface area contributed by atoms with Gasteiger partial charge in [0.25, 0.3) is 11.8 Å². The Bertz CT molecular complexity index is 765. The van der Waals surface area contributed by atoms with E-state index < -0.39 is 0 Å². The monoisotopic (exact) mass is 348 g/mol. The van der Waals surface area contributed by atoms with Gasteiger partial charge in [-0.25, -0.2) is 0 Å². The average molecular weight is 349 g/mol. The van der Waals surface area contributed by atoms with E-state index in [-0.39, 0.29) is 11.8 Å². The third-order valence-electron chi connectivity index (χ3n) is 3.48. The van der Waals surface area contributed by atoms with Crippen LogP contribution in [0, 0.1) is 13.8 Å². The van der Waals surface area contributed by atoms with Gasteiger partial charge in [0, 0.05) is 6.54 Å². The van der Waals surface area contributed by atoms with Crippen LogP contribution in [0.3, 0.4) is 0 Å². The van der Waals surface area contributed by atoms with Gasteiger partial charge in [-0.3, -0.25) is 9.59 Å². The quantitative estimate of drug-likeness (QED) is 0.875. The van der Waals surface area contributed by atoms with E-state index in [1.807, 2.05) is 12.1 Å². The molecule has 21 heavy (non-hydrogen) atoms. The van der Waals surface area contributed by atoms with E-state index in [4.69, 9.17) is 4.42 Å². The molecular weight excluding hydrogens is 336 g/mol. The Morgan fingerprint density at radius 3 is 2.76 bits per heavy atom. The highest BCUT2D eigenvalue weighted by atomic mass is 79.9. The van der Waals surface area contributed by atoms with Gasteiger partial charge in [0.15, 0.2) is 0 Å². The molecule has 0 radical (unpaired) electrons. The van der Waals surface area contributed by atoms with Gasteiger partial charge in [0.05, 0.1) is 21.3 Å². The molecule has 0 atom stereocenters. The van der Waals surface area contributed by atoms with E-state index in [1.54, 1.807) is 19.9 Å². The summed E-state index contributed by atoms with van der Waals surface area (Å²) in [4.78, 5) is 24.3. The fourth-order valence-electron chi connectivity index (χ4n) is 2.48. The van der Waals surface area contributed by atoms with E-state index in [0.717, 1.165) is 5.56 Å². The Morgan fingerprint density at radius 1 is 1.33 bits per heavy atom. The molecule has 5 nitrogen and oxygen atoms in total. The molecule has 1 aliphatic heterocycles. The van der Waals surface area contributed by atoms with E-state index in [1.165, 1.54) is 0 Å². The van der Waals surface area contributed by atoms with E-state index in [9.17, 15) is 9.59 Å². The van der Waals surface area contributed by atoms with Crippen molar-refractivity contribution in [3.05, 3.63) is 50.9 Å². The lowest BCUT2D eigenvalue weighted by Gasteiger charge is -2.08. The summed E-state index contributed by atoms with van der Waals surface area (Å²) in [7, 11) is 0.